The number of benzene rings is 2. The Bertz CT molecular complexity index is 1300. The normalized spacial score (nSPS) is 14.0. The zero-order valence-corrected chi connectivity index (χ0v) is 17.4. The summed E-state index contributed by atoms with van der Waals surface area (Å²) in [5.74, 6) is -0.464. The Hall–Kier alpha value is -4.15. The molecule has 3 heterocycles. The van der Waals surface area contributed by atoms with E-state index in [1.165, 1.54) is 35.3 Å². The lowest BCUT2D eigenvalue weighted by Gasteiger charge is -2.35. The van der Waals surface area contributed by atoms with Crippen molar-refractivity contribution in [2.45, 2.75) is 0 Å². The molecule has 0 aliphatic carbocycles. The van der Waals surface area contributed by atoms with Crippen LogP contribution in [-0.4, -0.2) is 68.6 Å². The van der Waals surface area contributed by atoms with Gasteiger partial charge >= 0.3 is 0 Å². The highest BCUT2D eigenvalue weighted by Gasteiger charge is 2.25. The van der Waals surface area contributed by atoms with Crippen LogP contribution in [0, 0.1) is 11.6 Å². The maximum atomic E-state index is 13.7. The van der Waals surface area contributed by atoms with Crippen LogP contribution >= 0.6 is 0 Å². The summed E-state index contributed by atoms with van der Waals surface area (Å²) in [4.78, 5) is 24.8. The van der Waals surface area contributed by atoms with Gasteiger partial charge in [0.2, 0.25) is 0 Å². The molecule has 11 heteroatoms. The molecule has 5 rings (SSSR count). The van der Waals surface area contributed by atoms with Gasteiger partial charge in [-0.25, -0.2) is 18.7 Å². The second-order valence-corrected chi connectivity index (χ2v) is 7.44. The number of fused-ring (bicyclic) bond motifs is 1. The molecule has 33 heavy (non-hydrogen) atoms. The molecule has 0 spiro atoms. The van der Waals surface area contributed by atoms with Crippen LogP contribution in [0.25, 0.3) is 16.9 Å². The third-order valence-electron chi connectivity index (χ3n) is 5.39. The fourth-order valence-electron chi connectivity index (χ4n) is 3.71. The summed E-state index contributed by atoms with van der Waals surface area (Å²) in [6.07, 6.45) is 1.41. The number of hydrogen-bond acceptors (Lipinski definition) is 7. The van der Waals surface area contributed by atoms with E-state index in [0.29, 0.717) is 48.8 Å². The minimum absolute atomic E-state index is 0.0502. The van der Waals surface area contributed by atoms with Crippen LogP contribution in [-0.2, 0) is 4.79 Å². The van der Waals surface area contributed by atoms with Gasteiger partial charge in [-0.1, -0.05) is 23.4 Å². The predicted octanol–water partition coefficient (Wildman–Crippen LogP) is 2.22. The van der Waals surface area contributed by atoms with E-state index >= 15 is 0 Å². The SMILES string of the molecule is O=C(COc1ccccc1F)N1CCN(c2ncnc3c2nnn3-c2cccc(F)c2)CC1. The Morgan fingerprint density at radius 1 is 1.00 bits per heavy atom. The number of halogens is 2. The quantitative estimate of drug-likeness (QED) is 0.460. The van der Waals surface area contributed by atoms with Crippen molar-refractivity contribution in [3.05, 3.63) is 66.5 Å². The maximum Gasteiger partial charge on any atom is 0.260 e. The van der Waals surface area contributed by atoms with Crippen molar-refractivity contribution in [1.29, 1.82) is 0 Å². The highest BCUT2D eigenvalue weighted by molar-refractivity contribution is 5.84. The van der Waals surface area contributed by atoms with Crippen molar-refractivity contribution in [2.75, 3.05) is 37.7 Å². The van der Waals surface area contributed by atoms with Crippen LogP contribution in [0.15, 0.2) is 54.9 Å². The van der Waals surface area contributed by atoms with Crippen molar-refractivity contribution < 1.29 is 18.3 Å². The number of anilines is 1. The molecule has 0 radical (unpaired) electrons. The molecule has 0 saturated carbocycles. The Balaban J connectivity index is 1.27. The summed E-state index contributed by atoms with van der Waals surface area (Å²) in [7, 11) is 0. The molecule has 0 atom stereocenters. The Morgan fingerprint density at radius 3 is 2.61 bits per heavy atom. The van der Waals surface area contributed by atoms with E-state index < -0.39 is 5.82 Å². The zero-order chi connectivity index (χ0) is 22.8. The van der Waals surface area contributed by atoms with Crippen molar-refractivity contribution >= 4 is 22.9 Å². The standard InChI is InChI=1S/C22H19F2N7O2/c23-15-4-3-5-16(12-15)31-22-20(27-28-31)21(25-14-26-22)30-10-8-29(9-11-30)19(32)13-33-18-7-2-1-6-17(18)24/h1-7,12,14H,8-11,13H2. The Morgan fingerprint density at radius 2 is 1.82 bits per heavy atom. The predicted molar refractivity (Wildman–Crippen MR) is 115 cm³/mol. The Kier molecular flexibility index (Phi) is 5.51. The molecule has 1 aliphatic rings. The fourth-order valence-corrected chi connectivity index (χ4v) is 3.71. The molecule has 1 amide bonds. The minimum Gasteiger partial charge on any atom is -0.481 e. The minimum atomic E-state index is -0.505. The number of ether oxygens (including phenoxy) is 1. The summed E-state index contributed by atoms with van der Waals surface area (Å²) in [6, 6.07) is 12.0. The van der Waals surface area contributed by atoms with E-state index in [4.69, 9.17) is 4.74 Å². The summed E-state index contributed by atoms with van der Waals surface area (Å²) in [5, 5.41) is 8.34. The van der Waals surface area contributed by atoms with Gasteiger partial charge in [-0.05, 0) is 30.3 Å². The lowest BCUT2D eigenvalue weighted by atomic mass is 10.3. The molecule has 9 nitrogen and oxygen atoms in total. The molecular formula is C22H19F2N7O2. The number of amides is 1. The average molecular weight is 451 g/mol. The largest absolute Gasteiger partial charge is 0.481 e. The third kappa shape index (κ3) is 4.16. The van der Waals surface area contributed by atoms with Crippen LogP contribution in [0.3, 0.4) is 0 Å². The third-order valence-corrected chi connectivity index (χ3v) is 5.39. The summed E-state index contributed by atoms with van der Waals surface area (Å²) in [5.41, 5.74) is 1.46. The number of carbonyl (C=O) groups is 1. The van der Waals surface area contributed by atoms with Crippen molar-refractivity contribution in [3.63, 3.8) is 0 Å². The number of nitrogens with zero attached hydrogens (tertiary/aromatic N) is 7. The molecule has 4 aromatic rings. The Labute approximate surface area is 187 Å². The van der Waals surface area contributed by atoms with Gasteiger partial charge in [-0.2, -0.15) is 4.68 Å². The second kappa shape index (κ2) is 8.77. The van der Waals surface area contributed by atoms with Gasteiger partial charge < -0.3 is 14.5 Å². The highest BCUT2D eigenvalue weighted by atomic mass is 19.1. The van der Waals surface area contributed by atoms with Crippen LogP contribution in [0.5, 0.6) is 5.75 Å². The van der Waals surface area contributed by atoms with Crippen LogP contribution in [0.2, 0.25) is 0 Å². The van der Waals surface area contributed by atoms with Gasteiger partial charge in [-0.15, -0.1) is 5.10 Å². The number of para-hydroxylation sites is 1. The first-order valence-corrected chi connectivity index (χ1v) is 10.3. The van der Waals surface area contributed by atoms with Crippen LogP contribution in [0.1, 0.15) is 0 Å². The topological polar surface area (TPSA) is 89.3 Å². The van der Waals surface area contributed by atoms with Gasteiger partial charge in [0, 0.05) is 26.2 Å². The van der Waals surface area contributed by atoms with Crippen molar-refractivity contribution in [2.24, 2.45) is 0 Å². The lowest BCUT2D eigenvalue weighted by Crippen LogP contribution is -2.50. The van der Waals surface area contributed by atoms with Gasteiger partial charge in [-0.3, -0.25) is 4.79 Å². The number of rotatable bonds is 5. The second-order valence-electron chi connectivity index (χ2n) is 7.44. The molecule has 0 bridgehead atoms. The van der Waals surface area contributed by atoms with E-state index in [2.05, 4.69) is 20.3 Å². The number of hydrogen-bond donors (Lipinski definition) is 0. The van der Waals surface area contributed by atoms with Crippen molar-refractivity contribution in [3.8, 4) is 11.4 Å². The van der Waals surface area contributed by atoms with Crippen molar-refractivity contribution in [1.82, 2.24) is 29.9 Å². The lowest BCUT2D eigenvalue weighted by molar-refractivity contribution is -0.133. The van der Waals surface area contributed by atoms with Crippen LogP contribution in [0.4, 0.5) is 14.6 Å². The fraction of sp³-hybridized carbons (Fsp3) is 0.227. The first-order valence-electron chi connectivity index (χ1n) is 10.3. The zero-order valence-electron chi connectivity index (χ0n) is 17.4. The summed E-state index contributed by atoms with van der Waals surface area (Å²) >= 11 is 0. The maximum absolute atomic E-state index is 13.7. The highest BCUT2D eigenvalue weighted by Crippen LogP contribution is 2.24. The van der Waals surface area contributed by atoms with Crippen LogP contribution < -0.4 is 9.64 Å². The van der Waals surface area contributed by atoms with Gasteiger partial charge in [0.1, 0.15) is 12.1 Å². The first-order chi connectivity index (χ1) is 16.1. The first kappa shape index (κ1) is 20.7. The molecule has 2 aromatic heterocycles. The molecule has 1 aliphatic heterocycles. The summed E-state index contributed by atoms with van der Waals surface area (Å²) in [6.45, 7) is 1.70. The van der Waals surface area contributed by atoms with E-state index in [-0.39, 0.29) is 24.1 Å². The van der Waals surface area contributed by atoms with E-state index in [1.807, 2.05) is 4.90 Å². The average Bonchev–Trinajstić information content (AvgIpc) is 3.28. The van der Waals surface area contributed by atoms with Gasteiger partial charge in [0.25, 0.3) is 5.91 Å². The molecule has 168 valence electrons. The smallest absolute Gasteiger partial charge is 0.260 e. The summed E-state index contributed by atoms with van der Waals surface area (Å²) < 4.78 is 34.1. The molecule has 2 aromatic carbocycles. The van der Waals surface area contributed by atoms with Gasteiger partial charge in [0.15, 0.2) is 35.2 Å². The van der Waals surface area contributed by atoms with E-state index in [0.717, 1.165) is 0 Å². The molecule has 0 N–H and O–H groups in total. The number of piperazine rings is 1. The van der Waals surface area contributed by atoms with E-state index in [9.17, 15) is 13.6 Å². The molecule has 1 fully saturated rings. The monoisotopic (exact) mass is 451 g/mol. The van der Waals surface area contributed by atoms with Gasteiger partial charge in [0.05, 0.1) is 5.69 Å². The number of aromatic nitrogens is 5. The molecule has 1 saturated heterocycles. The molecule has 0 unspecified atom stereocenters. The number of carbonyl (C=O) groups excluding carboxylic acids is 1. The van der Waals surface area contributed by atoms with E-state index in [1.54, 1.807) is 29.2 Å². The molecular weight excluding hydrogens is 432 g/mol.